The number of nitrogens with zero attached hydrogens (tertiary/aromatic N) is 2. The van der Waals surface area contributed by atoms with Crippen LogP contribution < -0.4 is 5.56 Å². The summed E-state index contributed by atoms with van der Waals surface area (Å²) in [5.41, 5.74) is 2.60. The molecule has 1 aliphatic heterocycles. The Labute approximate surface area is 97.8 Å². The summed E-state index contributed by atoms with van der Waals surface area (Å²) in [4.78, 5) is 12.2. The number of aromatic nitrogens is 1. The zero-order valence-electron chi connectivity index (χ0n) is 9.26. The average Bonchev–Trinajstić information content (AvgIpc) is 2.36. The second kappa shape index (κ2) is 3.73. The monoisotopic (exact) mass is 228 g/mol. The van der Waals surface area contributed by atoms with Gasteiger partial charge in [0.2, 0.25) is 0 Å². The summed E-state index contributed by atoms with van der Waals surface area (Å²) in [5, 5.41) is 12.5. The molecular weight excluding hydrogens is 216 g/mol. The molecule has 1 aromatic carbocycles. The summed E-state index contributed by atoms with van der Waals surface area (Å²) in [6.07, 6.45) is 3.20. The fraction of sp³-hybridized carbons (Fsp3) is 0.231. The zero-order valence-corrected chi connectivity index (χ0v) is 9.26. The van der Waals surface area contributed by atoms with Gasteiger partial charge in [0.15, 0.2) is 0 Å². The standard InChI is InChI=1S/C13H12N2O2/c16-13-11(8-14-17)7-10-4-1-3-9-5-2-6-15(13)12(9)10/h1,3-4,7-8,17H,2,5-6H2/b14-8+. The van der Waals surface area contributed by atoms with E-state index in [2.05, 4.69) is 11.2 Å². The van der Waals surface area contributed by atoms with Gasteiger partial charge in [-0.2, -0.15) is 0 Å². The van der Waals surface area contributed by atoms with E-state index in [0.29, 0.717) is 5.56 Å². The van der Waals surface area contributed by atoms with Crippen LogP contribution in [0.4, 0.5) is 0 Å². The second-order valence-electron chi connectivity index (χ2n) is 4.26. The van der Waals surface area contributed by atoms with Crippen molar-refractivity contribution >= 4 is 17.1 Å². The van der Waals surface area contributed by atoms with Gasteiger partial charge in [-0.1, -0.05) is 23.4 Å². The number of benzene rings is 1. The van der Waals surface area contributed by atoms with Gasteiger partial charge in [-0.25, -0.2) is 0 Å². The number of hydrogen-bond donors (Lipinski definition) is 1. The van der Waals surface area contributed by atoms with Crippen LogP contribution in [0.2, 0.25) is 0 Å². The largest absolute Gasteiger partial charge is 0.411 e. The molecule has 0 unspecified atom stereocenters. The van der Waals surface area contributed by atoms with Gasteiger partial charge in [-0.3, -0.25) is 4.79 Å². The fourth-order valence-electron chi connectivity index (χ4n) is 2.54. The average molecular weight is 228 g/mol. The van der Waals surface area contributed by atoms with Crippen LogP contribution in [-0.2, 0) is 13.0 Å². The van der Waals surface area contributed by atoms with E-state index in [1.807, 2.05) is 12.1 Å². The van der Waals surface area contributed by atoms with E-state index in [1.165, 1.54) is 11.8 Å². The number of pyridine rings is 1. The molecule has 1 aromatic heterocycles. The summed E-state index contributed by atoms with van der Waals surface area (Å²) in [6, 6.07) is 7.83. The van der Waals surface area contributed by atoms with Gasteiger partial charge in [0.1, 0.15) is 0 Å². The zero-order chi connectivity index (χ0) is 11.8. The second-order valence-corrected chi connectivity index (χ2v) is 4.26. The molecule has 0 saturated heterocycles. The predicted octanol–water partition coefficient (Wildman–Crippen LogP) is 1.76. The van der Waals surface area contributed by atoms with E-state index in [9.17, 15) is 4.79 Å². The molecule has 3 rings (SSSR count). The van der Waals surface area contributed by atoms with Crippen LogP contribution in [0.15, 0.2) is 34.2 Å². The Morgan fingerprint density at radius 1 is 1.41 bits per heavy atom. The van der Waals surface area contributed by atoms with Gasteiger partial charge in [-0.15, -0.1) is 0 Å². The minimum atomic E-state index is -0.0811. The smallest absolute Gasteiger partial charge is 0.260 e. The first-order valence-electron chi connectivity index (χ1n) is 5.64. The van der Waals surface area contributed by atoms with Crippen molar-refractivity contribution in [2.45, 2.75) is 19.4 Å². The fourth-order valence-corrected chi connectivity index (χ4v) is 2.54. The molecule has 1 N–H and O–H groups in total. The summed E-state index contributed by atoms with van der Waals surface area (Å²) in [5.74, 6) is 0. The molecule has 0 radical (unpaired) electrons. The third-order valence-corrected chi connectivity index (χ3v) is 3.25. The van der Waals surface area contributed by atoms with Crippen LogP contribution in [0.5, 0.6) is 0 Å². The lowest BCUT2D eigenvalue weighted by Crippen LogP contribution is -2.27. The summed E-state index contributed by atoms with van der Waals surface area (Å²) >= 11 is 0. The molecule has 0 aliphatic carbocycles. The molecule has 1 aliphatic rings. The Morgan fingerprint density at radius 3 is 3.12 bits per heavy atom. The van der Waals surface area contributed by atoms with Crippen molar-refractivity contribution in [2.75, 3.05) is 0 Å². The summed E-state index contributed by atoms with van der Waals surface area (Å²) in [7, 11) is 0. The number of para-hydroxylation sites is 1. The van der Waals surface area contributed by atoms with E-state index in [4.69, 9.17) is 5.21 Å². The van der Waals surface area contributed by atoms with Crippen LogP contribution >= 0.6 is 0 Å². The van der Waals surface area contributed by atoms with E-state index in [1.54, 1.807) is 10.6 Å². The molecule has 2 heterocycles. The van der Waals surface area contributed by atoms with Crippen molar-refractivity contribution in [3.8, 4) is 0 Å². The van der Waals surface area contributed by atoms with Gasteiger partial charge in [0.25, 0.3) is 5.56 Å². The lowest BCUT2D eigenvalue weighted by molar-refractivity contribution is 0.322. The van der Waals surface area contributed by atoms with Crippen molar-refractivity contribution in [1.82, 2.24) is 4.57 Å². The third kappa shape index (κ3) is 1.45. The molecule has 0 fully saturated rings. The highest BCUT2D eigenvalue weighted by atomic mass is 16.4. The predicted molar refractivity (Wildman–Crippen MR) is 65.9 cm³/mol. The Balaban J connectivity index is 2.46. The van der Waals surface area contributed by atoms with E-state index < -0.39 is 0 Å². The maximum Gasteiger partial charge on any atom is 0.260 e. The molecule has 0 spiro atoms. The van der Waals surface area contributed by atoms with Crippen molar-refractivity contribution in [3.63, 3.8) is 0 Å². The van der Waals surface area contributed by atoms with Crippen LogP contribution in [0.3, 0.4) is 0 Å². The molecule has 0 bridgehead atoms. The molecule has 86 valence electrons. The lowest BCUT2D eigenvalue weighted by atomic mass is 10.0. The Kier molecular flexibility index (Phi) is 2.21. The van der Waals surface area contributed by atoms with Crippen LogP contribution in [0, 0.1) is 0 Å². The van der Waals surface area contributed by atoms with Crippen LogP contribution in [-0.4, -0.2) is 16.0 Å². The highest BCUT2D eigenvalue weighted by Gasteiger charge is 2.15. The molecule has 17 heavy (non-hydrogen) atoms. The van der Waals surface area contributed by atoms with Crippen molar-refractivity contribution in [3.05, 3.63) is 45.7 Å². The topological polar surface area (TPSA) is 54.6 Å². The number of hydrogen-bond acceptors (Lipinski definition) is 3. The first-order valence-corrected chi connectivity index (χ1v) is 5.64. The molecule has 2 aromatic rings. The van der Waals surface area contributed by atoms with Gasteiger partial charge < -0.3 is 9.77 Å². The lowest BCUT2D eigenvalue weighted by Gasteiger charge is -2.19. The van der Waals surface area contributed by atoms with Gasteiger partial charge in [0, 0.05) is 6.54 Å². The highest BCUT2D eigenvalue weighted by molar-refractivity contribution is 5.89. The number of rotatable bonds is 1. The Hall–Kier alpha value is -2.10. The number of aryl methyl sites for hydroxylation is 2. The molecule has 0 saturated carbocycles. The maximum absolute atomic E-state index is 12.2. The van der Waals surface area contributed by atoms with Gasteiger partial charge in [-0.05, 0) is 29.9 Å². The molecule has 0 amide bonds. The Morgan fingerprint density at radius 2 is 2.29 bits per heavy atom. The quantitative estimate of drug-likeness (QED) is 0.459. The minimum Gasteiger partial charge on any atom is -0.411 e. The summed E-state index contributed by atoms with van der Waals surface area (Å²) in [6.45, 7) is 0.736. The molecule has 0 atom stereocenters. The minimum absolute atomic E-state index is 0.0811. The van der Waals surface area contributed by atoms with Gasteiger partial charge >= 0.3 is 0 Å². The number of oxime groups is 1. The SMILES string of the molecule is O=c1c(/C=N/O)cc2cccc3c2n1CCC3. The Bertz CT molecular complexity index is 671. The van der Waals surface area contributed by atoms with Crippen LogP contribution in [0.25, 0.3) is 10.9 Å². The molecular formula is C13H12N2O2. The van der Waals surface area contributed by atoms with Gasteiger partial charge in [0.05, 0.1) is 17.3 Å². The molecule has 4 heteroatoms. The highest BCUT2D eigenvalue weighted by Crippen LogP contribution is 2.23. The van der Waals surface area contributed by atoms with E-state index in [0.717, 1.165) is 30.3 Å². The van der Waals surface area contributed by atoms with Crippen molar-refractivity contribution < 1.29 is 5.21 Å². The van der Waals surface area contributed by atoms with Crippen molar-refractivity contribution in [1.29, 1.82) is 0 Å². The van der Waals surface area contributed by atoms with Crippen LogP contribution in [0.1, 0.15) is 17.5 Å². The summed E-state index contributed by atoms with van der Waals surface area (Å²) < 4.78 is 1.78. The molecule has 4 nitrogen and oxygen atoms in total. The normalized spacial score (nSPS) is 14.6. The maximum atomic E-state index is 12.2. The van der Waals surface area contributed by atoms with Crippen molar-refractivity contribution in [2.24, 2.45) is 5.16 Å². The van der Waals surface area contributed by atoms with E-state index >= 15 is 0 Å². The van der Waals surface area contributed by atoms with E-state index in [-0.39, 0.29) is 5.56 Å². The first-order chi connectivity index (χ1) is 8.31. The first kappa shape index (κ1) is 10.1. The third-order valence-electron chi connectivity index (χ3n) is 3.25.